The van der Waals surface area contributed by atoms with Crippen LogP contribution >= 0.6 is 11.3 Å². The van der Waals surface area contributed by atoms with Crippen molar-refractivity contribution in [3.05, 3.63) is 46.2 Å². The number of fused-ring (bicyclic) bond motifs is 1. The molecule has 1 fully saturated rings. The lowest BCUT2D eigenvalue weighted by molar-refractivity contribution is 0.324. The van der Waals surface area contributed by atoms with Crippen LogP contribution in [-0.4, -0.2) is 36.6 Å². The predicted octanol–water partition coefficient (Wildman–Crippen LogP) is 5.08. The summed E-state index contributed by atoms with van der Waals surface area (Å²) in [5.74, 6) is 2.49. The van der Waals surface area contributed by atoms with Gasteiger partial charge in [-0.05, 0) is 68.8 Å². The highest BCUT2D eigenvalue weighted by Gasteiger charge is 2.22. The van der Waals surface area contributed by atoms with Gasteiger partial charge in [0.2, 0.25) is 5.95 Å². The second-order valence-corrected chi connectivity index (χ2v) is 9.75. The van der Waals surface area contributed by atoms with Gasteiger partial charge in [-0.3, -0.25) is 0 Å². The number of rotatable bonds is 8. The van der Waals surface area contributed by atoms with Gasteiger partial charge in [-0.25, -0.2) is 4.98 Å². The Kier molecular flexibility index (Phi) is 6.85. The van der Waals surface area contributed by atoms with Crippen LogP contribution in [0.2, 0.25) is 0 Å². The van der Waals surface area contributed by atoms with E-state index in [1.165, 1.54) is 35.4 Å². The average molecular weight is 424 g/mol. The Morgan fingerprint density at radius 2 is 1.77 bits per heavy atom. The number of aromatic nitrogens is 2. The van der Waals surface area contributed by atoms with Crippen LogP contribution in [0.1, 0.15) is 42.4 Å². The van der Waals surface area contributed by atoms with Crippen LogP contribution in [0.5, 0.6) is 0 Å². The first kappa shape index (κ1) is 21.1. The third kappa shape index (κ3) is 5.10. The number of anilines is 2. The Morgan fingerprint density at radius 3 is 2.50 bits per heavy atom. The van der Waals surface area contributed by atoms with Crippen molar-refractivity contribution in [2.24, 2.45) is 5.92 Å². The van der Waals surface area contributed by atoms with Crippen LogP contribution in [0.3, 0.4) is 0 Å². The minimum absolute atomic E-state index is 0.460. The fourth-order valence-corrected chi connectivity index (χ4v) is 5.19. The molecule has 0 spiro atoms. The summed E-state index contributed by atoms with van der Waals surface area (Å²) in [5.41, 5.74) is 0.997. The van der Waals surface area contributed by atoms with E-state index in [2.05, 4.69) is 46.7 Å². The zero-order valence-corrected chi connectivity index (χ0v) is 19.1. The van der Waals surface area contributed by atoms with Gasteiger partial charge in [-0.1, -0.05) is 19.1 Å². The number of para-hydroxylation sites is 1. The quantitative estimate of drug-likeness (QED) is 0.529. The van der Waals surface area contributed by atoms with Crippen LogP contribution in [0.15, 0.2) is 36.4 Å². The number of benzene rings is 1. The first-order valence-corrected chi connectivity index (χ1v) is 11.9. The van der Waals surface area contributed by atoms with Crippen molar-refractivity contribution in [2.75, 3.05) is 30.9 Å². The maximum atomic E-state index is 4.80. The summed E-state index contributed by atoms with van der Waals surface area (Å²) in [5, 5.41) is 8.38. The molecular weight excluding hydrogens is 390 g/mol. The van der Waals surface area contributed by atoms with Gasteiger partial charge < -0.3 is 15.5 Å². The molecule has 5 nitrogen and oxygen atoms in total. The SMILES string of the molecule is CCc1ccc(CNCC2CCC(Nc3nc(N(C)C)c4ccccc4n3)CC2)s1. The van der Waals surface area contributed by atoms with Gasteiger partial charge in [0.15, 0.2) is 0 Å². The fraction of sp³-hybridized carbons (Fsp3) is 0.500. The van der Waals surface area contributed by atoms with E-state index >= 15 is 0 Å². The van der Waals surface area contributed by atoms with E-state index in [0.29, 0.717) is 6.04 Å². The second kappa shape index (κ2) is 9.75. The normalized spacial score (nSPS) is 19.2. The Hall–Kier alpha value is -2.18. The van der Waals surface area contributed by atoms with Crippen LogP contribution < -0.4 is 15.5 Å². The summed E-state index contributed by atoms with van der Waals surface area (Å²) in [7, 11) is 4.08. The van der Waals surface area contributed by atoms with Crippen molar-refractivity contribution in [1.82, 2.24) is 15.3 Å². The molecule has 2 heterocycles. The molecule has 0 atom stereocenters. The predicted molar refractivity (Wildman–Crippen MR) is 129 cm³/mol. The molecule has 30 heavy (non-hydrogen) atoms. The minimum Gasteiger partial charge on any atom is -0.362 e. The van der Waals surface area contributed by atoms with Crippen molar-refractivity contribution in [2.45, 2.75) is 51.6 Å². The molecule has 0 saturated heterocycles. The summed E-state index contributed by atoms with van der Waals surface area (Å²) < 4.78 is 0. The molecule has 2 aromatic heterocycles. The molecule has 0 aliphatic heterocycles. The number of aryl methyl sites for hydroxylation is 1. The molecule has 4 rings (SSSR count). The minimum atomic E-state index is 0.460. The maximum absolute atomic E-state index is 4.80. The topological polar surface area (TPSA) is 53.1 Å². The second-order valence-electron chi connectivity index (χ2n) is 8.50. The maximum Gasteiger partial charge on any atom is 0.225 e. The monoisotopic (exact) mass is 423 g/mol. The Morgan fingerprint density at radius 1 is 1.00 bits per heavy atom. The molecule has 3 aromatic rings. The van der Waals surface area contributed by atoms with Gasteiger partial charge in [-0.2, -0.15) is 4.98 Å². The molecule has 0 amide bonds. The van der Waals surface area contributed by atoms with E-state index in [1.807, 2.05) is 37.6 Å². The van der Waals surface area contributed by atoms with Crippen molar-refractivity contribution in [3.63, 3.8) is 0 Å². The first-order chi connectivity index (χ1) is 14.6. The van der Waals surface area contributed by atoms with E-state index < -0.39 is 0 Å². The highest BCUT2D eigenvalue weighted by atomic mass is 32.1. The zero-order valence-electron chi connectivity index (χ0n) is 18.3. The average Bonchev–Trinajstić information content (AvgIpc) is 3.22. The van der Waals surface area contributed by atoms with Crippen LogP contribution in [0, 0.1) is 5.92 Å². The first-order valence-electron chi connectivity index (χ1n) is 11.1. The van der Waals surface area contributed by atoms with Gasteiger partial charge in [0.25, 0.3) is 0 Å². The number of nitrogens with zero attached hydrogens (tertiary/aromatic N) is 3. The van der Waals surface area contributed by atoms with Crippen LogP contribution in [0.25, 0.3) is 10.9 Å². The van der Waals surface area contributed by atoms with E-state index in [9.17, 15) is 0 Å². The van der Waals surface area contributed by atoms with Gasteiger partial charge in [0, 0.05) is 41.8 Å². The van der Waals surface area contributed by atoms with Crippen molar-refractivity contribution >= 4 is 34.0 Å². The van der Waals surface area contributed by atoms with Crippen molar-refractivity contribution in [3.8, 4) is 0 Å². The lowest BCUT2D eigenvalue weighted by atomic mass is 9.86. The van der Waals surface area contributed by atoms with Crippen molar-refractivity contribution in [1.29, 1.82) is 0 Å². The molecule has 6 heteroatoms. The Labute approximate surface area is 183 Å². The van der Waals surface area contributed by atoms with E-state index in [-0.39, 0.29) is 0 Å². The molecule has 1 saturated carbocycles. The lowest BCUT2D eigenvalue weighted by Gasteiger charge is -2.29. The van der Waals surface area contributed by atoms with E-state index in [1.54, 1.807) is 0 Å². The highest BCUT2D eigenvalue weighted by Crippen LogP contribution is 2.28. The Bertz CT molecular complexity index is 959. The smallest absolute Gasteiger partial charge is 0.225 e. The number of nitrogens with one attached hydrogen (secondary N) is 2. The largest absolute Gasteiger partial charge is 0.362 e. The van der Waals surface area contributed by atoms with Crippen LogP contribution in [-0.2, 0) is 13.0 Å². The lowest BCUT2D eigenvalue weighted by Crippen LogP contribution is -2.31. The summed E-state index contributed by atoms with van der Waals surface area (Å²) in [6.07, 6.45) is 6.00. The third-order valence-corrected chi connectivity index (χ3v) is 7.21. The summed E-state index contributed by atoms with van der Waals surface area (Å²) in [4.78, 5) is 14.6. The summed E-state index contributed by atoms with van der Waals surface area (Å²) >= 11 is 1.94. The van der Waals surface area contributed by atoms with E-state index in [4.69, 9.17) is 9.97 Å². The third-order valence-electron chi connectivity index (χ3n) is 5.98. The molecule has 1 aromatic carbocycles. The fourth-order valence-electron chi connectivity index (χ4n) is 4.27. The molecule has 1 aliphatic carbocycles. The van der Waals surface area contributed by atoms with Crippen molar-refractivity contribution < 1.29 is 0 Å². The number of hydrogen-bond donors (Lipinski definition) is 2. The molecule has 160 valence electrons. The highest BCUT2D eigenvalue weighted by molar-refractivity contribution is 7.11. The summed E-state index contributed by atoms with van der Waals surface area (Å²) in [6, 6.07) is 13.2. The molecule has 1 aliphatic rings. The van der Waals surface area contributed by atoms with Gasteiger partial charge in [0.1, 0.15) is 5.82 Å². The number of thiophene rings is 1. The van der Waals surface area contributed by atoms with Gasteiger partial charge >= 0.3 is 0 Å². The summed E-state index contributed by atoms with van der Waals surface area (Å²) in [6.45, 7) is 4.34. The Balaban J connectivity index is 1.28. The van der Waals surface area contributed by atoms with Gasteiger partial charge in [0.05, 0.1) is 5.52 Å². The molecule has 2 N–H and O–H groups in total. The molecular formula is C24H33N5S. The van der Waals surface area contributed by atoms with E-state index in [0.717, 1.165) is 48.1 Å². The standard InChI is InChI=1S/C24H33N5S/c1-4-19-13-14-20(30-19)16-25-15-17-9-11-18(12-10-17)26-24-27-22-8-6-5-7-21(22)23(28-24)29(2)3/h5-8,13-14,17-18,25H,4,9-12,15-16H2,1-3H3,(H,26,27,28). The molecule has 0 radical (unpaired) electrons. The number of hydrogen-bond acceptors (Lipinski definition) is 6. The van der Waals surface area contributed by atoms with Crippen LogP contribution in [0.4, 0.5) is 11.8 Å². The van der Waals surface area contributed by atoms with Gasteiger partial charge in [-0.15, -0.1) is 11.3 Å². The zero-order chi connectivity index (χ0) is 20.9. The molecule has 0 unspecified atom stereocenters. The molecule has 0 bridgehead atoms.